The van der Waals surface area contributed by atoms with Crippen molar-refractivity contribution in [3.63, 3.8) is 0 Å². The summed E-state index contributed by atoms with van der Waals surface area (Å²) < 4.78 is 0. The van der Waals surface area contributed by atoms with Gasteiger partial charge in [-0.15, -0.1) is 5.10 Å². The number of H-pyrrole nitrogens is 1. The molecule has 0 bridgehead atoms. The molecule has 0 atom stereocenters. The topological polar surface area (TPSA) is 67.6 Å². The Hall–Kier alpha value is -1.85. The average Bonchev–Trinajstić information content (AvgIpc) is 2.85. The third-order valence-corrected chi connectivity index (χ3v) is 3.91. The molecule has 96 valence electrons. The van der Waals surface area contributed by atoms with Gasteiger partial charge in [0.15, 0.2) is 0 Å². The highest BCUT2D eigenvalue weighted by molar-refractivity contribution is 7.99. The molecule has 1 heterocycles. The number of benzene rings is 2. The molecule has 3 N–H and O–H groups in total. The Labute approximate surface area is 115 Å². The van der Waals surface area contributed by atoms with Crippen LogP contribution >= 0.6 is 11.8 Å². The molecule has 2 aromatic carbocycles. The average molecular weight is 270 g/mol. The molecular weight excluding hydrogens is 256 g/mol. The van der Waals surface area contributed by atoms with Gasteiger partial charge in [-0.3, -0.25) is 5.10 Å². The number of hydrogen-bond acceptors (Lipinski definition) is 4. The number of aromatic amines is 1. The van der Waals surface area contributed by atoms with Crippen molar-refractivity contribution in [2.24, 2.45) is 5.73 Å². The summed E-state index contributed by atoms with van der Waals surface area (Å²) >= 11 is 1.56. The van der Waals surface area contributed by atoms with Crippen LogP contribution in [0.1, 0.15) is 11.4 Å². The van der Waals surface area contributed by atoms with Crippen molar-refractivity contribution >= 4 is 22.5 Å². The van der Waals surface area contributed by atoms with E-state index in [9.17, 15) is 0 Å². The van der Waals surface area contributed by atoms with Crippen LogP contribution in [0.15, 0.2) is 46.5 Å². The number of aryl methyl sites for hydroxylation is 1. The van der Waals surface area contributed by atoms with Crippen LogP contribution in [0.25, 0.3) is 10.8 Å². The van der Waals surface area contributed by atoms with E-state index in [1.165, 1.54) is 10.8 Å². The van der Waals surface area contributed by atoms with Crippen LogP contribution in [0, 0.1) is 6.92 Å². The molecule has 0 saturated heterocycles. The van der Waals surface area contributed by atoms with Crippen LogP contribution in [0.3, 0.4) is 0 Å². The minimum Gasteiger partial charge on any atom is -0.326 e. The summed E-state index contributed by atoms with van der Waals surface area (Å²) in [5, 5.41) is 10.1. The van der Waals surface area contributed by atoms with E-state index in [0.717, 1.165) is 21.4 Å². The van der Waals surface area contributed by atoms with E-state index in [1.54, 1.807) is 11.8 Å². The summed E-state index contributed by atoms with van der Waals surface area (Å²) in [6.07, 6.45) is 0. The molecular formula is C14H14N4S. The molecule has 0 fully saturated rings. The monoisotopic (exact) mass is 270 g/mol. The molecule has 0 aliphatic carbocycles. The van der Waals surface area contributed by atoms with E-state index in [2.05, 4.69) is 39.4 Å². The van der Waals surface area contributed by atoms with Gasteiger partial charge < -0.3 is 5.73 Å². The molecule has 0 spiro atoms. The molecule has 0 radical (unpaired) electrons. The number of aromatic nitrogens is 3. The summed E-state index contributed by atoms with van der Waals surface area (Å²) in [5.41, 5.74) is 6.94. The minimum absolute atomic E-state index is 0.547. The van der Waals surface area contributed by atoms with Gasteiger partial charge >= 0.3 is 0 Å². The van der Waals surface area contributed by atoms with Crippen LogP contribution in [0.4, 0.5) is 0 Å². The first-order valence-electron chi connectivity index (χ1n) is 6.05. The molecule has 0 unspecified atom stereocenters. The van der Waals surface area contributed by atoms with Gasteiger partial charge in [-0.05, 0) is 41.1 Å². The van der Waals surface area contributed by atoms with Gasteiger partial charge in [0.05, 0.1) is 0 Å². The maximum atomic E-state index is 5.79. The van der Waals surface area contributed by atoms with E-state index >= 15 is 0 Å². The lowest BCUT2D eigenvalue weighted by Gasteiger charge is -2.08. The molecule has 3 aromatic rings. The fourth-order valence-corrected chi connectivity index (χ4v) is 2.96. The number of rotatable bonds is 3. The van der Waals surface area contributed by atoms with Gasteiger partial charge in [0.1, 0.15) is 5.82 Å². The lowest BCUT2D eigenvalue weighted by molar-refractivity contribution is 0.970. The number of nitrogens with two attached hydrogens (primary N) is 1. The second-order valence-electron chi connectivity index (χ2n) is 4.28. The van der Waals surface area contributed by atoms with Crippen molar-refractivity contribution in [1.29, 1.82) is 0 Å². The van der Waals surface area contributed by atoms with Crippen molar-refractivity contribution < 1.29 is 0 Å². The van der Waals surface area contributed by atoms with E-state index < -0.39 is 0 Å². The van der Waals surface area contributed by atoms with Crippen molar-refractivity contribution in [2.75, 3.05) is 0 Å². The lowest BCUT2D eigenvalue weighted by atomic mass is 10.0. The number of nitrogens with zero attached hydrogens (tertiary/aromatic N) is 2. The highest BCUT2D eigenvalue weighted by Gasteiger charge is 2.08. The molecule has 0 aliphatic heterocycles. The number of nitrogens with one attached hydrogen (secondary N) is 1. The smallest absolute Gasteiger partial charge is 0.213 e. The predicted molar refractivity (Wildman–Crippen MR) is 77.1 cm³/mol. The van der Waals surface area contributed by atoms with Crippen LogP contribution in [-0.4, -0.2) is 15.2 Å². The van der Waals surface area contributed by atoms with Crippen molar-refractivity contribution in [2.45, 2.75) is 23.5 Å². The van der Waals surface area contributed by atoms with Crippen molar-refractivity contribution in [1.82, 2.24) is 15.2 Å². The predicted octanol–water partition coefficient (Wildman–Crippen LogP) is 2.88. The second-order valence-corrected chi connectivity index (χ2v) is 5.29. The number of fused-ring (bicyclic) bond motifs is 1. The first-order chi connectivity index (χ1) is 9.28. The standard InChI is InChI=1S/C14H14N4S/c1-9-16-14(18-17-9)19-13-7-6-10(8-15)11-4-2-3-5-12(11)13/h2-7H,8,15H2,1H3,(H,16,17,18). The quantitative estimate of drug-likeness (QED) is 0.768. The van der Waals surface area contributed by atoms with Crippen LogP contribution in [0.5, 0.6) is 0 Å². The Morgan fingerprint density at radius 3 is 2.63 bits per heavy atom. The Morgan fingerprint density at radius 2 is 1.95 bits per heavy atom. The zero-order valence-electron chi connectivity index (χ0n) is 10.6. The third kappa shape index (κ3) is 2.34. The molecule has 0 saturated carbocycles. The SMILES string of the molecule is Cc1nc(Sc2ccc(CN)c3ccccc23)n[nH]1. The lowest BCUT2D eigenvalue weighted by Crippen LogP contribution is -1.97. The Balaban J connectivity index is 2.09. The van der Waals surface area contributed by atoms with Gasteiger partial charge in [0.2, 0.25) is 5.16 Å². The Bertz CT molecular complexity index is 720. The minimum atomic E-state index is 0.547. The van der Waals surface area contributed by atoms with Gasteiger partial charge in [0, 0.05) is 11.4 Å². The summed E-state index contributed by atoms with van der Waals surface area (Å²) in [6.45, 7) is 2.44. The highest BCUT2D eigenvalue weighted by Crippen LogP contribution is 2.33. The van der Waals surface area contributed by atoms with E-state index in [4.69, 9.17) is 5.73 Å². The second kappa shape index (κ2) is 5.03. The van der Waals surface area contributed by atoms with E-state index in [-0.39, 0.29) is 0 Å². The highest BCUT2D eigenvalue weighted by atomic mass is 32.2. The van der Waals surface area contributed by atoms with Crippen LogP contribution in [-0.2, 0) is 6.54 Å². The van der Waals surface area contributed by atoms with E-state index in [0.29, 0.717) is 6.54 Å². The Morgan fingerprint density at radius 1 is 1.16 bits per heavy atom. The van der Waals surface area contributed by atoms with Crippen LogP contribution < -0.4 is 5.73 Å². The van der Waals surface area contributed by atoms with Gasteiger partial charge in [-0.1, -0.05) is 30.3 Å². The first kappa shape index (κ1) is 12.2. The fraction of sp³-hybridized carbons (Fsp3) is 0.143. The summed E-state index contributed by atoms with van der Waals surface area (Å²) in [6, 6.07) is 12.4. The molecule has 1 aromatic heterocycles. The van der Waals surface area contributed by atoms with Crippen LogP contribution in [0.2, 0.25) is 0 Å². The molecule has 5 heteroatoms. The number of hydrogen-bond donors (Lipinski definition) is 2. The summed E-state index contributed by atoms with van der Waals surface area (Å²) in [5.74, 6) is 0.824. The molecule has 0 amide bonds. The van der Waals surface area contributed by atoms with Crippen molar-refractivity contribution in [3.8, 4) is 0 Å². The zero-order valence-corrected chi connectivity index (χ0v) is 11.4. The maximum absolute atomic E-state index is 5.79. The van der Waals surface area contributed by atoms with Gasteiger partial charge in [-0.25, -0.2) is 4.98 Å². The van der Waals surface area contributed by atoms with Gasteiger partial charge in [-0.2, -0.15) is 0 Å². The molecule has 19 heavy (non-hydrogen) atoms. The molecule has 4 nitrogen and oxygen atoms in total. The fourth-order valence-electron chi connectivity index (χ4n) is 2.07. The first-order valence-corrected chi connectivity index (χ1v) is 6.87. The maximum Gasteiger partial charge on any atom is 0.213 e. The summed E-state index contributed by atoms with van der Waals surface area (Å²) in [4.78, 5) is 5.47. The summed E-state index contributed by atoms with van der Waals surface area (Å²) in [7, 11) is 0. The zero-order chi connectivity index (χ0) is 13.2. The molecule has 3 rings (SSSR count). The van der Waals surface area contributed by atoms with Gasteiger partial charge in [0.25, 0.3) is 0 Å². The van der Waals surface area contributed by atoms with E-state index in [1.807, 2.05) is 19.1 Å². The largest absolute Gasteiger partial charge is 0.326 e. The third-order valence-electron chi connectivity index (χ3n) is 2.97. The normalized spacial score (nSPS) is 11.1. The Kier molecular flexibility index (Phi) is 3.23. The van der Waals surface area contributed by atoms with Crippen molar-refractivity contribution in [3.05, 3.63) is 47.8 Å². The molecule has 0 aliphatic rings.